The lowest BCUT2D eigenvalue weighted by Crippen LogP contribution is -2.09. The predicted octanol–water partition coefficient (Wildman–Crippen LogP) is 2.73. The van der Waals surface area contributed by atoms with Crippen molar-refractivity contribution >= 4 is 11.5 Å². The van der Waals surface area contributed by atoms with E-state index in [2.05, 4.69) is 5.32 Å². The predicted molar refractivity (Wildman–Crippen MR) is 68.5 cm³/mol. The summed E-state index contributed by atoms with van der Waals surface area (Å²) >= 11 is 0. The first kappa shape index (κ1) is 12.1. The molecule has 0 radical (unpaired) electrons. The number of ketones is 1. The van der Waals surface area contributed by atoms with Gasteiger partial charge in [0.15, 0.2) is 5.78 Å². The van der Waals surface area contributed by atoms with Gasteiger partial charge in [-0.1, -0.05) is 0 Å². The van der Waals surface area contributed by atoms with E-state index in [-0.39, 0.29) is 5.78 Å². The smallest absolute Gasteiger partial charge is 0.159 e. The number of carbonyl (C=O) groups is 1. The third kappa shape index (κ3) is 3.56. The Morgan fingerprint density at radius 2 is 2.18 bits per heavy atom. The molecule has 17 heavy (non-hydrogen) atoms. The molecule has 0 saturated carbocycles. The molecule has 1 N–H and O–H groups in total. The molecule has 1 unspecified atom stereocenters. The first-order valence-electron chi connectivity index (χ1n) is 6.18. The van der Waals surface area contributed by atoms with Crippen molar-refractivity contribution in [1.82, 2.24) is 0 Å². The molecule has 3 nitrogen and oxygen atoms in total. The van der Waals surface area contributed by atoms with Crippen LogP contribution in [0.25, 0.3) is 0 Å². The van der Waals surface area contributed by atoms with Crippen LogP contribution >= 0.6 is 0 Å². The van der Waals surface area contributed by atoms with Crippen LogP contribution in [0.4, 0.5) is 5.69 Å². The largest absolute Gasteiger partial charge is 0.385 e. The van der Waals surface area contributed by atoms with Crippen LogP contribution in [0.3, 0.4) is 0 Å². The summed E-state index contributed by atoms with van der Waals surface area (Å²) in [6.07, 6.45) is 2.33. The van der Waals surface area contributed by atoms with Gasteiger partial charge in [0, 0.05) is 31.0 Å². The van der Waals surface area contributed by atoms with Crippen LogP contribution in [0.5, 0.6) is 0 Å². The van der Waals surface area contributed by atoms with Crippen molar-refractivity contribution in [1.29, 1.82) is 0 Å². The summed E-state index contributed by atoms with van der Waals surface area (Å²) in [6, 6.07) is 7.65. The number of rotatable bonds is 5. The lowest BCUT2D eigenvalue weighted by Gasteiger charge is -2.10. The molecular weight excluding hydrogens is 214 g/mol. The van der Waals surface area contributed by atoms with Gasteiger partial charge in [-0.15, -0.1) is 0 Å². The summed E-state index contributed by atoms with van der Waals surface area (Å²) in [7, 11) is 0. The lowest BCUT2D eigenvalue weighted by atomic mass is 10.1. The molecule has 0 aromatic heterocycles. The minimum absolute atomic E-state index is 0.111. The van der Waals surface area contributed by atoms with E-state index in [4.69, 9.17) is 4.74 Å². The Kier molecular flexibility index (Phi) is 4.15. The second kappa shape index (κ2) is 5.82. The highest BCUT2D eigenvalue weighted by atomic mass is 16.5. The Labute approximate surface area is 102 Å². The molecule has 0 aliphatic carbocycles. The molecule has 0 amide bonds. The van der Waals surface area contributed by atoms with Crippen LogP contribution in [-0.4, -0.2) is 25.5 Å². The number of benzene rings is 1. The third-order valence-electron chi connectivity index (χ3n) is 3.20. The van der Waals surface area contributed by atoms with Gasteiger partial charge in [-0.25, -0.2) is 0 Å². The first-order chi connectivity index (χ1) is 8.25. The van der Waals surface area contributed by atoms with Gasteiger partial charge in [-0.3, -0.25) is 4.79 Å². The van der Waals surface area contributed by atoms with Crippen molar-refractivity contribution in [3.63, 3.8) is 0 Å². The van der Waals surface area contributed by atoms with Gasteiger partial charge in [0.2, 0.25) is 0 Å². The number of anilines is 1. The summed E-state index contributed by atoms with van der Waals surface area (Å²) in [6.45, 7) is 4.37. The number of ether oxygens (including phenoxy) is 1. The maximum atomic E-state index is 11.1. The van der Waals surface area contributed by atoms with Crippen molar-refractivity contribution in [2.45, 2.75) is 19.8 Å². The number of nitrogens with one attached hydrogen (secondary N) is 1. The highest BCUT2D eigenvalue weighted by Crippen LogP contribution is 2.17. The van der Waals surface area contributed by atoms with Gasteiger partial charge in [0.25, 0.3) is 0 Å². The zero-order valence-corrected chi connectivity index (χ0v) is 10.2. The van der Waals surface area contributed by atoms with Crippen LogP contribution in [0.15, 0.2) is 24.3 Å². The van der Waals surface area contributed by atoms with Crippen LogP contribution in [-0.2, 0) is 4.74 Å². The van der Waals surface area contributed by atoms with E-state index in [1.165, 1.54) is 6.42 Å². The molecule has 92 valence electrons. The normalized spacial score (nSPS) is 19.2. The number of carbonyl (C=O) groups excluding carboxylic acids is 1. The molecule has 1 aliphatic heterocycles. The Morgan fingerprint density at radius 3 is 2.76 bits per heavy atom. The molecule has 1 fully saturated rings. The molecular formula is C14H19NO2. The van der Waals surface area contributed by atoms with Crippen molar-refractivity contribution < 1.29 is 9.53 Å². The van der Waals surface area contributed by atoms with Gasteiger partial charge in [-0.05, 0) is 49.9 Å². The Morgan fingerprint density at radius 1 is 1.41 bits per heavy atom. The molecule has 2 rings (SSSR count). The average molecular weight is 233 g/mol. The fourth-order valence-electron chi connectivity index (χ4n) is 2.05. The van der Waals surface area contributed by atoms with Crippen LogP contribution < -0.4 is 5.32 Å². The van der Waals surface area contributed by atoms with Crippen molar-refractivity contribution in [2.24, 2.45) is 5.92 Å². The number of hydrogen-bond acceptors (Lipinski definition) is 3. The van der Waals surface area contributed by atoms with E-state index >= 15 is 0 Å². The van der Waals surface area contributed by atoms with Crippen molar-refractivity contribution in [3.05, 3.63) is 29.8 Å². The van der Waals surface area contributed by atoms with Gasteiger partial charge in [0.1, 0.15) is 0 Å². The molecule has 1 aromatic carbocycles. The van der Waals surface area contributed by atoms with Crippen LogP contribution in [0, 0.1) is 5.92 Å². The topological polar surface area (TPSA) is 38.3 Å². The van der Waals surface area contributed by atoms with E-state index in [0.29, 0.717) is 5.92 Å². The summed E-state index contributed by atoms with van der Waals surface area (Å²) in [5.41, 5.74) is 1.84. The van der Waals surface area contributed by atoms with E-state index < -0.39 is 0 Å². The van der Waals surface area contributed by atoms with E-state index in [1.807, 2.05) is 24.3 Å². The van der Waals surface area contributed by atoms with Crippen LogP contribution in [0.2, 0.25) is 0 Å². The number of Topliss-reactive ketones (excluding diaryl/α,β-unsaturated/α-hetero) is 1. The summed E-state index contributed by atoms with van der Waals surface area (Å²) in [4.78, 5) is 11.1. The van der Waals surface area contributed by atoms with Crippen LogP contribution in [0.1, 0.15) is 30.1 Å². The van der Waals surface area contributed by atoms with Crippen molar-refractivity contribution in [2.75, 3.05) is 25.1 Å². The lowest BCUT2D eigenvalue weighted by molar-refractivity contribution is 0.101. The third-order valence-corrected chi connectivity index (χ3v) is 3.20. The van der Waals surface area contributed by atoms with Gasteiger partial charge >= 0.3 is 0 Å². The zero-order chi connectivity index (χ0) is 12.1. The zero-order valence-electron chi connectivity index (χ0n) is 10.2. The first-order valence-corrected chi connectivity index (χ1v) is 6.18. The fraction of sp³-hybridized carbons (Fsp3) is 0.500. The SMILES string of the molecule is CC(=O)c1ccc(NCCC2CCOC2)cc1. The summed E-state index contributed by atoms with van der Waals surface area (Å²) in [5.74, 6) is 0.818. The second-order valence-corrected chi connectivity index (χ2v) is 4.58. The molecule has 1 saturated heterocycles. The van der Waals surface area contributed by atoms with Crippen molar-refractivity contribution in [3.8, 4) is 0 Å². The molecule has 0 spiro atoms. The second-order valence-electron chi connectivity index (χ2n) is 4.58. The van der Waals surface area contributed by atoms with Gasteiger partial charge in [-0.2, -0.15) is 0 Å². The average Bonchev–Trinajstić information content (AvgIpc) is 2.83. The molecule has 0 bridgehead atoms. The van der Waals surface area contributed by atoms with Gasteiger partial charge in [0.05, 0.1) is 0 Å². The maximum Gasteiger partial charge on any atom is 0.159 e. The van der Waals surface area contributed by atoms with E-state index in [1.54, 1.807) is 6.92 Å². The minimum Gasteiger partial charge on any atom is -0.385 e. The molecule has 1 atom stereocenters. The molecule has 3 heteroatoms. The quantitative estimate of drug-likeness (QED) is 0.795. The Bertz CT molecular complexity index is 366. The summed E-state index contributed by atoms with van der Waals surface area (Å²) < 4.78 is 5.34. The standard InChI is InChI=1S/C14H19NO2/c1-11(16)13-2-4-14(5-3-13)15-8-6-12-7-9-17-10-12/h2-5,12,15H,6-10H2,1H3. The number of hydrogen-bond donors (Lipinski definition) is 1. The minimum atomic E-state index is 0.111. The highest BCUT2D eigenvalue weighted by molar-refractivity contribution is 5.94. The van der Waals surface area contributed by atoms with E-state index in [0.717, 1.165) is 37.4 Å². The molecule has 1 aliphatic rings. The Balaban J connectivity index is 1.76. The Hall–Kier alpha value is -1.35. The summed E-state index contributed by atoms with van der Waals surface area (Å²) in [5, 5.41) is 3.37. The molecule has 1 heterocycles. The monoisotopic (exact) mass is 233 g/mol. The fourth-order valence-corrected chi connectivity index (χ4v) is 2.05. The molecule has 1 aromatic rings. The van der Waals surface area contributed by atoms with E-state index in [9.17, 15) is 4.79 Å². The maximum absolute atomic E-state index is 11.1. The highest BCUT2D eigenvalue weighted by Gasteiger charge is 2.14. The van der Waals surface area contributed by atoms with Gasteiger partial charge < -0.3 is 10.1 Å².